The van der Waals surface area contributed by atoms with Gasteiger partial charge < -0.3 is 18.9 Å². The van der Waals surface area contributed by atoms with Gasteiger partial charge in [0.05, 0.1) is 24.4 Å². The smallest absolute Gasteiger partial charge is 0.163 e. The minimum absolute atomic E-state index is 0. The van der Waals surface area contributed by atoms with Gasteiger partial charge >= 0.3 is 0 Å². The number of ether oxygens (including phenoxy) is 4. The Labute approximate surface area is 441 Å². The van der Waals surface area contributed by atoms with E-state index in [0.717, 1.165) is 24.6 Å². The molecule has 9 heteroatoms. The maximum atomic E-state index is 6.61. The van der Waals surface area contributed by atoms with E-state index >= 15 is 0 Å². The molecule has 0 N–H and O–H groups in total. The molecule has 0 aromatic heterocycles. The topological polar surface area (TPSA) is 36.9 Å². The predicted octanol–water partition coefficient (Wildman–Crippen LogP) is 11.5. The van der Waals surface area contributed by atoms with Gasteiger partial charge in [-0.25, -0.2) is 0 Å². The Morgan fingerprint density at radius 1 is 0.254 bits per heavy atom. The third-order valence-electron chi connectivity index (χ3n) is 12.6. The van der Waals surface area contributed by atoms with Crippen molar-refractivity contribution in [2.45, 2.75) is 63.7 Å². The van der Waals surface area contributed by atoms with Gasteiger partial charge in [-0.2, -0.15) is 0 Å². The molecule has 4 unspecified atom stereocenters. The molecule has 0 aliphatic carbocycles. The quantitative estimate of drug-likeness (QED) is 0.0714. The Morgan fingerprint density at radius 3 is 0.507 bits per heavy atom. The second kappa shape index (κ2) is 25.8. The maximum Gasteiger partial charge on any atom is 0.163 e. The summed E-state index contributed by atoms with van der Waals surface area (Å²) in [5.74, 6) is -1.17. The Bertz CT molecular complexity index is 2220. The van der Waals surface area contributed by atoms with Crippen LogP contribution in [0.25, 0.3) is 0 Å². The van der Waals surface area contributed by atoms with Gasteiger partial charge in [-0.1, -0.05) is 243 Å². The fraction of sp³-hybridized carbons (Fsp3) is 0.226. The van der Waals surface area contributed by atoms with Gasteiger partial charge in [-0.05, 0) is 102 Å². The molecular formula is C62H64O4P4Pd. The zero-order valence-electron chi connectivity index (χ0n) is 41.0. The van der Waals surface area contributed by atoms with Crippen LogP contribution in [0, 0.1) is 0 Å². The molecule has 2 heterocycles. The van der Waals surface area contributed by atoms with Gasteiger partial charge in [0, 0.05) is 45.1 Å². The molecule has 71 heavy (non-hydrogen) atoms. The second-order valence-corrected chi connectivity index (χ2v) is 27.6. The molecule has 4 nitrogen and oxygen atoms in total. The first-order chi connectivity index (χ1) is 34.2. The van der Waals surface area contributed by atoms with E-state index in [4.69, 9.17) is 18.9 Å². The molecule has 2 fully saturated rings. The zero-order chi connectivity index (χ0) is 48.2. The largest absolute Gasteiger partial charge is 0.344 e. The minimum atomic E-state index is -0.585. The van der Waals surface area contributed by atoms with Crippen LogP contribution in [0.5, 0.6) is 0 Å². The summed E-state index contributed by atoms with van der Waals surface area (Å²) in [6.45, 7) is 8.22. The van der Waals surface area contributed by atoms with Crippen molar-refractivity contribution in [2.24, 2.45) is 0 Å². The predicted molar refractivity (Wildman–Crippen MR) is 303 cm³/mol. The molecule has 0 spiro atoms. The Balaban J connectivity index is 0.000000188. The molecule has 366 valence electrons. The molecule has 4 atom stereocenters. The molecule has 8 aromatic rings. The first-order valence-corrected chi connectivity index (χ1v) is 30.5. The molecule has 0 bridgehead atoms. The first-order valence-electron chi connectivity index (χ1n) is 24.4. The monoisotopic (exact) mass is 1100 g/mol. The van der Waals surface area contributed by atoms with Crippen LogP contribution < -0.4 is 42.4 Å². The number of benzene rings is 8. The number of hydrogen-bond donors (Lipinski definition) is 0. The van der Waals surface area contributed by atoms with E-state index in [2.05, 4.69) is 270 Å². The number of rotatable bonds is 16. The summed E-state index contributed by atoms with van der Waals surface area (Å²) in [5.41, 5.74) is 0. The van der Waals surface area contributed by atoms with Crippen LogP contribution >= 0.6 is 31.7 Å². The summed E-state index contributed by atoms with van der Waals surface area (Å²) in [7, 11) is -2.25. The molecular weight excluding hydrogens is 1040 g/mol. The van der Waals surface area contributed by atoms with Crippen molar-refractivity contribution < 1.29 is 39.4 Å². The van der Waals surface area contributed by atoms with Crippen LogP contribution in [0.4, 0.5) is 0 Å². The Kier molecular flexibility index (Phi) is 19.3. The van der Waals surface area contributed by atoms with Crippen molar-refractivity contribution in [3.05, 3.63) is 243 Å². The average Bonchev–Trinajstić information content (AvgIpc) is 3.88. The van der Waals surface area contributed by atoms with Gasteiger partial charge in [0.25, 0.3) is 0 Å². The maximum absolute atomic E-state index is 6.61. The summed E-state index contributed by atoms with van der Waals surface area (Å²) < 4.78 is 26.4. The molecule has 2 saturated heterocycles. The van der Waals surface area contributed by atoms with Crippen molar-refractivity contribution in [3.63, 3.8) is 0 Å². The van der Waals surface area contributed by atoms with Crippen LogP contribution in [0.15, 0.2) is 243 Å². The molecule has 2 aliphatic rings. The van der Waals surface area contributed by atoms with Crippen molar-refractivity contribution >= 4 is 74.1 Å². The third-order valence-corrected chi connectivity index (χ3v) is 22.8. The summed E-state index contributed by atoms with van der Waals surface area (Å²) in [6.07, 6.45) is 3.94. The summed E-state index contributed by atoms with van der Waals surface area (Å²) in [4.78, 5) is 0. The minimum Gasteiger partial charge on any atom is -0.344 e. The fourth-order valence-electron chi connectivity index (χ4n) is 9.46. The molecule has 0 radical (unpaired) electrons. The molecule has 10 rings (SSSR count). The fourth-order valence-corrected chi connectivity index (χ4v) is 19.3. The van der Waals surface area contributed by atoms with Gasteiger partial charge in [-0.15, -0.1) is 0 Å². The third kappa shape index (κ3) is 14.6. The summed E-state index contributed by atoms with van der Waals surface area (Å²) in [5, 5.41) is 11.1. The van der Waals surface area contributed by atoms with Crippen LogP contribution in [0.1, 0.15) is 27.7 Å². The van der Waals surface area contributed by atoms with Crippen LogP contribution in [0.2, 0.25) is 0 Å². The van der Waals surface area contributed by atoms with Gasteiger partial charge in [0.1, 0.15) is 0 Å². The SMILES string of the molecule is CC1(C)OC(CP(c2ccccc2)c2ccccc2)C(CP(c2ccccc2)c2ccccc2)O1.CC1(C)OC(CP(c2ccccc2)c2ccccc2)C(CP(c2ccccc2)c2ccccc2)O1.[Pd]. The van der Waals surface area contributed by atoms with Crippen LogP contribution in [0.3, 0.4) is 0 Å². The molecule has 0 amide bonds. The van der Waals surface area contributed by atoms with Crippen molar-refractivity contribution in [1.82, 2.24) is 0 Å². The van der Waals surface area contributed by atoms with Crippen molar-refractivity contribution in [1.29, 1.82) is 0 Å². The van der Waals surface area contributed by atoms with E-state index in [1.165, 1.54) is 42.4 Å². The van der Waals surface area contributed by atoms with Crippen molar-refractivity contribution in [2.75, 3.05) is 24.6 Å². The van der Waals surface area contributed by atoms with E-state index in [9.17, 15) is 0 Å². The average molecular weight is 1100 g/mol. The van der Waals surface area contributed by atoms with Gasteiger partial charge in [0.15, 0.2) is 11.6 Å². The van der Waals surface area contributed by atoms with Crippen LogP contribution in [-0.4, -0.2) is 60.6 Å². The molecule has 8 aromatic carbocycles. The van der Waals surface area contributed by atoms with Gasteiger partial charge in [-0.3, -0.25) is 0 Å². The van der Waals surface area contributed by atoms with E-state index in [0.29, 0.717) is 0 Å². The van der Waals surface area contributed by atoms with Crippen LogP contribution in [-0.2, 0) is 39.4 Å². The molecule has 2 aliphatic heterocycles. The van der Waals surface area contributed by atoms with E-state index in [-0.39, 0.29) is 44.8 Å². The van der Waals surface area contributed by atoms with E-state index < -0.39 is 43.3 Å². The standard InChI is InChI=1S/2C31H32O2P2.Pd/c2*1-31(2)32-29(23-34(25-15-7-3-8-16-25)26-17-9-4-10-18-26)30(33-31)24-35(27-19-11-5-12-20-27)28-21-13-6-14-22-28;/h2*3-22,29-30H,23-24H2,1-2H3;. The Hall–Kier alpha value is -4.02. The second-order valence-electron chi connectivity index (χ2n) is 18.6. The Morgan fingerprint density at radius 2 is 0.380 bits per heavy atom. The summed E-state index contributed by atoms with van der Waals surface area (Å²) in [6, 6.07) is 87.2. The van der Waals surface area contributed by atoms with E-state index in [1.54, 1.807) is 0 Å². The van der Waals surface area contributed by atoms with Crippen molar-refractivity contribution in [3.8, 4) is 0 Å². The van der Waals surface area contributed by atoms with Gasteiger partial charge in [0.2, 0.25) is 0 Å². The van der Waals surface area contributed by atoms with E-state index in [1.807, 2.05) is 0 Å². The number of hydrogen-bond acceptors (Lipinski definition) is 4. The summed E-state index contributed by atoms with van der Waals surface area (Å²) >= 11 is 0. The zero-order valence-corrected chi connectivity index (χ0v) is 46.1. The first kappa shape index (κ1) is 53.3. The molecule has 0 saturated carbocycles. The normalized spacial score (nSPS) is 19.0.